The molecule has 4 aromatic heterocycles. The lowest BCUT2D eigenvalue weighted by Gasteiger charge is -2.09. The highest BCUT2D eigenvalue weighted by Gasteiger charge is 2.17. The summed E-state index contributed by atoms with van der Waals surface area (Å²) in [6, 6.07) is 37.7. The second kappa shape index (κ2) is 8.30. The highest BCUT2D eigenvalue weighted by molar-refractivity contribution is 7.25. The van der Waals surface area contributed by atoms with Gasteiger partial charge in [0.1, 0.15) is 11.2 Å². The van der Waals surface area contributed by atoms with E-state index in [2.05, 4.69) is 93.4 Å². The van der Waals surface area contributed by atoms with Gasteiger partial charge in [0, 0.05) is 37.7 Å². The molecule has 8 rings (SSSR count). The molecule has 0 N–H and O–H groups in total. The number of para-hydroxylation sites is 1. The van der Waals surface area contributed by atoms with Gasteiger partial charge in [0.2, 0.25) is 0 Å². The third-order valence-corrected chi connectivity index (χ3v) is 8.06. The molecule has 0 unspecified atom stereocenters. The molecule has 0 spiro atoms. The van der Waals surface area contributed by atoms with E-state index >= 15 is 0 Å². The summed E-state index contributed by atoms with van der Waals surface area (Å²) in [5, 5.41) is 3.59. The van der Waals surface area contributed by atoms with Crippen LogP contribution in [0.2, 0.25) is 0 Å². The van der Waals surface area contributed by atoms with Crippen molar-refractivity contribution in [1.29, 1.82) is 0 Å². The first-order valence-electron chi connectivity index (χ1n) is 12.4. The Bertz CT molecular complexity index is 2130. The van der Waals surface area contributed by atoms with Crippen molar-refractivity contribution in [3.8, 4) is 28.5 Å². The smallest absolute Gasteiger partial charge is 0.163 e. The van der Waals surface area contributed by atoms with E-state index in [1.807, 2.05) is 30.3 Å². The van der Waals surface area contributed by atoms with Gasteiger partial charge in [-0.3, -0.25) is 0 Å². The Kier molecular flexibility index (Phi) is 4.62. The maximum Gasteiger partial charge on any atom is 0.163 e. The summed E-state index contributed by atoms with van der Waals surface area (Å²) in [5.74, 6) is 1.32. The highest BCUT2D eigenvalue weighted by atomic mass is 32.1. The molecule has 0 aliphatic rings. The van der Waals surface area contributed by atoms with Crippen LogP contribution < -0.4 is 0 Å². The van der Waals surface area contributed by atoms with Crippen molar-refractivity contribution in [3.63, 3.8) is 0 Å². The molecule has 0 saturated heterocycles. The topological polar surface area (TPSA) is 56.5 Å². The summed E-state index contributed by atoms with van der Waals surface area (Å²) in [4.78, 5) is 19.8. The maximum absolute atomic E-state index is 5.16. The monoisotopic (exact) mass is 505 g/mol. The molecule has 4 heterocycles. The zero-order valence-electron chi connectivity index (χ0n) is 20.1. The second-order valence-corrected chi connectivity index (χ2v) is 10.2. The largest absolute Gasteiger partial charge is 0.308 e. The third-order valence-electron chi connectivity index (χ3n) is 6.98. The van der Waals surface area contributed by atoms with E-state index in [1.54, 1.807) is 17.7 Å². The van der Waals surface area contributed by atoms with Gasteiger partial charge in [-0.1, -0.05) is 66.7 Å². The molecule has 0 aliphatic carbocycles. The van der Waals surface area contributed by atoms with E-state index in [1.165, 1.54) is 15.5 Å². The number of hydrogen-bond donors (Lipinski definition) is 0. The van der Waals surface area contributed by atoms with Crippen molar-refractivity contribution < 1.29 is 0 Å². The van der Waals surface area contributed by atoms with E-state index in [4.69, 9.17) is 9.97 Å². The van der Waals surface area contributed by atoms with Gasteiger partial charge >= 0.3 is 0 Å². The highest BCUT2D eigenvalue weighted by Crippen LogP contribution is 2.38. The average Bonchev–Trinajstić information content (AvgIpc) is 3.51. The Hall–Kier alpha value is -4.94. The molecule has 4 aromatic carbocycles. The number of nitrogens with zero attached hydrogens (tertiary/aromatic N) is 5. The summed E-state index contributed by atoms with van der Waals surface area (Å²) >= 11 is 1.75. The Labute approximate surface area is 221 Å². The summed E-state index contributed by atoms with van der Waals surface area (Å²) < 4.78 is 3.56. The summed E-state index contributed by atoms with van der Waals surface area (Å²) in [7, 11) is 0. The van der Waals surface area contributed by atoms with Crippen LogP contribution in [0.25, 0.3) is 70.7 Å². The Morgan fingerprint density at radius 1 is 0.553 bits per heavy atom. The zero-order chi connectivity index (χ0) is 25.1. The van der Waals surface area contributed by atoms with Crippen LogP contribution in [-0.2, 0) is 0 Å². The summed E-state index contributed by atoms with van der Waals surface area (Å²) in [5.41, 5.74) is 6.24. The van der Waals surface area contributed by atoms with Gasteiger partial charge in [-0.15, -0.1) is 11.3 Å². The fourth-order valence-electron chi connectivity index (χ4n) is 5.21. The number of pyridine rings is 1. The van der Waals surface area contributed by atoms with Gasteiger partial charge in [-0.25, -0.2) is 19.9 Å². The van der Waals surface area contributed by atoms with Crippen LogP contribution in [0.4, 0.5) is 0 Å². The second-order valence-electron chi connectivity index (χ2n) is 9.21. The Balaban J connectivity index is 1.30. The maximum atomic E-state index is 5.16. The van der Waals surface area contributed by atoms with E-state index in [-0.39, 0.29) is 0 Å². The summed E-state index contributed by atoms with van der Waals surface area (Å²) in [6.45, 7) is 0. The molecule has 0 saturated carbocycles. The molecule has 38 heavy (non-hydrogen) atoms. The van der Waals surface area contributed by atoms with Crippen LogP contribution >= 0.6 is 11.3 Å². The number of benzene rings is 4. The normalized spacial score (nSPS) is 11.7. The van der Waals surface area contributed by atoms with Crippen molar-refractivity contribution in [2.45, 2.75) is 0 Å². The predicted molar refractivity (Wildman–Crippen MR) is 156 cm³/mol. The van der Waals surface area contributed by atoms with Crippen molar-refractivity contribution in [2.75, 3.05) is 0 Å². The van der Waals surface area contributed by atoms with Crippen molar-refractivity contribution >= 4 is 53.6 Å². The van der Waals surface area contributed by atoms with Crippen LogP contribution in [-0.4, -0.2) is 24.5 Å². The molecular weight excluding hydrogens is 486 g/mol. The Morgan fingerprint density at radius 3 is 2.05 bits per heavy atom. The molecule has 0 atom stereocenters. The van der Waals surface area contributed by atoms with Crippen LogP contribution in [0, 0.1) is 0 Å². The third kappa shape index (κ3) is 3.24. The first kappa shape index (κ1) is 21.2. The van der Waals surface area contributed by atoms with Gasteiger partial charge in [0.15, 0.2) is 11.6 Å². The van der Waals surface area contributed by atoms with Crippen LogP contribution in [0.3, 0.4) is 0 Å². The molecule has 0 bridgehead atoms. The lowest BCUT2D eigenvalue weighted by atomic mass is 10.1. The minimum Gasteiger partial charge on any atom is -0.308 e. The van der Waals surface area contributed by atoms with Crippen LogP contribution in [0.5, 0.6) is 0 Å². The van der Waals surface area contributed by atoms with Crippen molar-refractivity contribution in [1.82, 2.24) is 24.5 Å². The average molecular weight is 506 g/mol. The molecular formula is C32H19N5S. The molecule has 0 radical (unpaired) electrons. The first-order chi connectivity index (χ1) is 18.8. The molecule has 0 amide bonds. The Morgan fingerprint density at radius 2 is 1.24 bits per heavy atom. The number of aromatic nitrogens is 5. The summed E-state index contributed by atoms with van der Waals surface area (Å²) in [6.07, 6.45) is 1.58. The van der Waals surface area contributed by atoms with E-state index in [0.29, 0.717) is 11.6 Å². The molecule has 6 heteroatoms. The van der Waals surface area contributed by atoms with Crippen LogP contribution in [0.15, 0.2) is 116 Å². The van der Waals surface area contributed by atoms with E-state index in [0.717, 1.165) is 43.6 Å². The van der Waals surface area contributed by atoms with Gasteiger partial charge in [-0.05, 0) is 42.5 Å². The lowest BCUT2D eigenvalue weighted by Crippen LogP contribution is -1.97. The first-order valence-corrected chi connectivity index (χ1v) is 13.2. The minimum absolute atomic E-state index is 0.653. The lowest BCUT2D eigenvalue weighted by molar-refractivity contribution is 1.06. The van der Waals surface area contributed by atoms with Crippen LogP contribution in [0.1, 0.15) is 0 Å². The molecule has 0 aliphatic heterocycles. The van der Waals surface area contributed by atoms with E-state index in [9.17, 15) is 0 Å². The van der Waals surface area contributed by atoms with Gasteiger partial charge in [-0.2, -0.15) is 0 Å². The van der Waals surface area contributed by atoms with Gasteiger partial charge in [0.05, 0.1) is 16.6 Å². The predicted octanol–water partition coefficient (Wildman–Crippen LogP) is 8.07. The molecule has 5 nitrogen and oxygen atoms in total. The SMILES string of the molecule is c1ccc(-c2ncnc(-c3ccc(-n4c5ccccc5c5nc6sc7ccccc7c6cc54)cc3)n2)cc1. The fraction of sp³-hybridized carbons (Fsp3) is 0. The van der Waals surface area contributed by atoms with E-state index < -0.39 is 0 Å². The quantitative estimate of drug-likeness (QED) is 0.244. The van der Waals surface area contributed by atoms with Gasteiger partial charge in [0.25, 0.3) is 0 Å². The minimum atomic E-state index is 0.653. The standard InChI is InChI=1S/C32H19N5S/c1-2-8-20(9-3-1)30-33-19-34-31(36-30)21-14-16-22(17-15-21)37-26-12-6-4-11-24(26)29-27(37)18-25-23-10-5-7-13-28(23)38-32(25)35-29/h1-19H. The van der Waals surface area contributed by atoms with Gasteiger partial charge < -0.3 is 4.57 Å². The molecule has 0 fully saturated rings. The van der Waals surface area contributed by atoms with Crippen molar-refractivity contribution in [3.05, 3.63) is 116 Å². The number of thiophene rings is 1. The number of hydrogen-bond acceptors (Lipinski definition) is 5. The fourth-order valence-corrected chi connectivity index (χ4v) is 6.26. The number of rotatable bonds is 3. The molecule has 8 aromatic rings. The number of fused-ring (bicyclic) bond motifs is 6. The zero-order valence-corrected chi connectivity index (χ0v) is 20.9. The van der Waals surface area contributed by atoms with Crippen molar-refractivity contribution in [2.24, 2.45) is 0 Å². The molecule has 178 valence electrons.